The fourth-order valence-electron chi connectivity index (χ4n) is 7.81. The smallest absolute Gasteiger partial charge is 0.258 e. The number of rotatable bonds is 5. The fourth-order valence-corrected chi connectivity index (χ4v) is 7.81. The van der Waals surface area contributed by atoms with Gasteiger partial charge in [-0.3, -0.25) is 9.59 Å². The molecule has 4 aliphatic carbocycles. The molecule has 1 N–H and O–H groups in total. The van der Waals surface area contributed by atoms with Gasteiger partial charge in [-0.15, -0.1) is 0 Å². The topological polar surface area (TPSA) is 66.1 Å². The highest BCUT2D eigenvalue weighted by Gasteiger charge is 2.61. The predicted molar refractivity (Wildman–Crippen MR) is 133 cm³/mol. The van der Waals surface area contributed by atoms with Crippen molar-refractivity contribution in [2.75, 3.05) is 6.54 Å². The van der Waals surface area contributed by atoms with Crippen molar-refractivity contribution >= 4 is 16.8 Å². The Kier molecular flexibility index (Phi) is 4.94. The molecular weight excluding hydrogens is 422 g/mol. The number of aromatic amines is 1. The maximum absolute atomic E-state index is 14.2. The highest BCUT2D eigenvalue weighted by molar-refractivity contribution is 5.84. The minimum Gasteiger partial charge on any atom is -0.335 e. The van der Waals surface area contributed by atoms with Crippen LogP contribution < -0.4 is 5.56 Å². The number of carbonyl (C=O) groups is 1. The Bertz CT molecular complexity index is 1290. The molecule has 4 saturated carbocycles. The molecule has 2 aromatic carbocycles. The zero-order valence-corrected chi connectivity index (χ0v) is 20.1. The Morgan fingerprint density at radius 1 is 1.06 bits per heavy atom. The summed E-state index contributed by atoms with van der Waals surface area (Å²) in [6.07, 6.45) is 6.67. The fraction of sp³-hybridized carbons (Fsp3) is 0.483. The van der Waals surface area contributed by atoms with Crippen LogP contribution in [0.2, 0.25) is 0 Å². The van der Waals surface area contributed by atoms with Gasteiger partial charge < -0.3 is 9.88 Å². The quantitative estimate of drug-likeness (QED) is 0.581. The second-order valence-electron chi connectivity index (χ2n) is 11.2. The zero-order valence-electron chi connectivity index (χ0n) is 20.1. The van der Waals surface area contributed by atoms with Crippen LogP contribution in [-0.2, 0) is 16.8 Å². The molecule has 4 fully saturated rings. The third kappa shape index (κ3) is 3.40. The lowest BCUT2D eigenvalue weighted by Crippen LogP contribution is -2.59. The summed E-state index contributed by atoms with van der Waals surface area (Å²) in [6.45, 7) is 5.14. The predicted octanol–water partition coefficient (Wildman–Crippen LogP) is 5.12. The molecule has 3 aromatic rings. The van der Waals surface area contributed by atoms with Gasteiger partial charge in [0.15, 0.2) is 0 Å². The van der Waals surface area contributed by atoms with Crippen molar-refractivity contribution < 1.29 is 4.79 Å². The number of amides is 1. The van der Waals surface area contributed by atoms with Crippen molar-refractivity contribution in [3.05, 3.63) is 75.8 Å². The maximum Gasteiger partial charge on any atom is 0.258 e. The van der Waals surface area contributed by atoms with Gasteiger partial charge >= 0.3 is 0 Å². The third-order valence-corrected chi connectivity index (χ3v) is 8.85. The van der Waals surface area contributed by atoms with Crippen molar-refractivity contribution in [1.29, 1.82) is 0 Å². The molecule has 1 amide bonds. The lowest BCUT2D eigenvalue weighted by Gasteiger charge is -2.62. The van der Waals surface area contributed by atoms with Crippen molar-refractivity contribution in [1.82, 2.24) is 14.9 Å². The molecule has 4 aliphatic rings. The number of nitrogens with zero attached hydrogens (tertiary/aromatic N) is 2. The van der Waals surface area contributed by atoms with Crippen LogP contribution in [0.5, 0.6) is 0 Å². The van der Waals surface area contributed by atoms with E-state index in [4.69, 9.17) is 0 Å². The summed E-state index contributed by atoms with van der Waals surface area (Å²) in [5.41, 5.74) is 3.08. The lowest BCUT2D eigenvalue weighted by molar-refractivity contribution is -0.161. The van der Waals surface area contributed by atoms with E-state index in [9.17, 15) is 9.59 Å². The number of carbonyl (C=O) groups excluding carboxylic acids is 1. The van der Waals surface area contributed by atoms with E-state index in [0.717, 1.165) is 19.3 Å². The van der Waals surface area contributed by atoms with Crippen LogP contribution in [-0.4, -0.2) is 27.3 Å². The van der Waals surface area contributed by atoms with E-state index < -0.39 is 0 Å². The van der Waals surface area contributed by atoms with Crippen LogP contribution in [0.25, 0.3) is 10.9 Å². The van der Waals surface area contributed by atoms with Crippen LogP contribution in [0.15, 0.2) is 53.3 Å². The Hall–Kier alpha value is -2.95. The highest BCUT2D eigenvalue weighted by Crippen LogP contribution is 2.66. The van der Waals surface area contributed by atoms with E-state index in [2.05, 4.69) is 41.2 Å². The Morgan fingerprint density at radius 2 is 1.76 bits per heavy atom. The van der Waals surface area contributed by atoms with E-state index in [1.165, 1.54) is 30.4 Å². The molecule has 34 heavy (non-hydrogen) atoms. The number of aryl methyl sites for hydroxylation is 1. The molecule has 2 atom stereocenters. The number of hydrogen-bond donors (Lipinski definition) is 1. The Balaban J connectivity index is 1.32. The van der Waals surface area contributed by atoms with Crippen molar-refractivity contribution in [2.45, 2.75) is 64.3 Å². The molecule has 2 unspecified atom stereocenters. The van der Waals surface area contributed by atoms with Crippen LogP contribution in [0, 0.1) is 24.2 Å². The molecule has 4 bridgehead atoms. The van der Waals surface area contributed by atoms with Gasteiger partial charge in [0.25, 0.3) is 5.56 Å². The summed E-state index contributed by atoms with van der Waals surface area (Å²) in [5.74, 6) is 2.08. The first-order chi connectivity index (χ1) is 16.4. The molecule has 0 aliphatic heterocycles. The Labute approximate surface area is 200 Å². The standard InChI is InChI=1S/C29H33N3O2/c1-3-32(17-25-30-24-7-5-4-6-23(24)26(33)31-25)27(34)29-15-20-12-21(16-29)14-28(13-20,18-29)22-10-8-19(2)9-11-22/h4-11,20-21H,3,12-18H2,1-2H3,(H,30,31,33). The lowest BCUT2D eigenvalue weighted by atomic mass is 9.42. The number of fused-ring (bicyclic) bond motifs is 1. The summed E-state index contributed by atoms with van der Waals surface area (Å²) in [5, 5.41) is 0.585. The van der Waals surface area contributed by atoms with Crippen molar-refractivity contribution in [3.8, 4) is 0 Å². The second kappa shape index (κ2) is 7.79. The van der Waals surface area contributed by atoms with Crippen LogP contribution in [0.1, 0.15) is 62.4 Å². The molecule has 5 nitrogen and oxygen atoms in total. The zero-order chi connectivity index (χ0) is 23.5. The monoisotopic (exact) mass is 455 g/mol. The van der Waals surface area contributed by atoms with E-state index in [-0.39, 0.29) is 22.3 Å². The van der Waals surface area contributed by atoms with E-state index in [1.54, 1.807) is 6.07 Å². The minimum absolute atomic E-state index is 0.127. The summed E-state index contributed by atoms with van der Waals surface area (Å²) < 4.78 is 0. The van der Waals surface area contributed by atoms with Crippen LogP contribution in [0.3, 0.4) is 0 Å². The average molecular weight is 456 g/mol. The molecule has 1 aromatic heterocycles. The van der Waals surface area contributed by atoms with Gasteiger partial charge in [0.05, 0.1) is 22.9 Å². The molecule has 5 heteroatoms. The van der Waals surface area contributed by atoms with Gasteiger partial charge in [-0.2, -0.15) is 0 Å². The SMILES string of the molecule is CCN(Cc1nc2ccccc2c(=O)[nH]1)C(=O)C12CC3CC(C1)CC(c1ccc(C)cc1)(C3)C2. The number of nitrogens with one attached hydrogen (secondary N) is 1. The molecule has 1 heterocycles. The summed E-state index contributed by atoms with van der Waals surface area (Å²) in [6, 6.07) is 16.4. The molecular formula is C29H33N3O2. The number of H-pyrrole nitrogens is 1. The first kappa shape index (κ1) is 21.6. The van der Waals surface area contributed by atoms with E-state index >= 15 is 0 Å². The Morgan fingerprint density at radius 3 is 2.47 bits per heavy atom. The van der Waals surface area contributed by atoms with Gasteiger partial charge in [0.1, 0.15) is 5.82 Å². The van der Waals surface area contributed by atoms with Gasteiger partial charge in [-0.1, -0.05) is 42.0 Å². The van der Waals surface area contributed by atoms with Crippen LogP contribution in [0.4, 0.5) is 0 Å². The molecule has 0 spiro atoms. The second-order valence-corrected chi connectivity index (χ2v) is 11.2. The van der Waals surface area contributed by atoms with Crippen LogP contribution >= 0.6 is 0 Å². The maximum atomic E-state index is 14.2. The van der Waals surface area contributed by atoms with Crippen molar-refractivity contribution in [2.24, 2.45) is 17.3 Å². The van der Waals surface area contributed by atoms with E-state index in [1.807, 2.05) is 30.0 Å². The first-order valence-corrected chi connectivity index (χ1v) is 12.7. The summed E-state index contributed by atoms with van der Waals surface area (Å²) in [4.78, 5) is 36.3. The van der Waals surface area contributed by atoms with Gasteiger partial charge in [-0.05, 0) is 87.3 Å². The third-order valence-electron chi connectivity index (χ3n) is 8.85. The minimum atomic E-state index is -0.290. The summed E-state index contributed by atoms with van der Waals surface area (Å²) in [7, 11) is 0. The van der Waals surface area contributed by atoms with Gasteiger partial charge in [-0.25, -0.2) is 4.98 Å². The van der Waals surface area contributed by atoms with Crippen molar-refractivity contribution in [3.63, 3.8) is 0 Å². The molecule has 0 radical (unpaired) electrons. The number of para-hydroxylation sites is 1. The average Bonchev–Trinajstić information content (AvgIpc) is 2.82. The molecule has 0 saturated heterocycles. The van der Waals surface area contributed by atoms with Gasteiger partial charge in [0, 0.05) is 6.54 Å². The number of hydrogen-bond acceptors (Lipinski definition) is 3. The van der Waals surface area contributed by atoms with Gasteiger partial charge in [0.2, 0.25) is 5.91 Å². The van der Waals surface area contributed by atoms with E-state index in [0.29, 0.717) is 41.7 Å². The first-order valence-electron chi connectivity index (χ1n) is 12.7. The number of aromatic nitrogens is 2. The molecule has 176 valence electrons. The molecule has 7 rings (SSSR count). The number of benzene rings is 2. The largest absolute Gasteiger partial charge is 0.335 e. The highest BCUT2D eigenvalue weighted by atomic mass is 16.2. The normalized spacial score (nSPS) is 29.5. The summed E-state index contributed by atoms with van der Waals surface area (Å²) >= 11 is 0.